The summed E-state index contributed by atoms with van der Waals surface area (Å²) in [5, 5.41) is 12.4. The molecule has 0 fully saturated rings. The average Bonchev–Trinajstić information content (AvgIpc) is 2.63. The Kier molecular flexibility index (Phi) is 5.48. The third-order valence-corrected chi connectivity index (χ3v) is 4.58. The molecule has 5 heteroatoms. The number of hydrogen-bond acceptors (Lipinski definition) is 4. The standard InChI is InChI=1S/C20H23NO4/c1-24-14-20(18-5-3-2-4-16(18)10-11-25-20)13-21-12-15-6-8-17(9-7-15)19(22)23/h2-9,21H,10-14H2,1H3,(H,22,23). The summed E-state index contributed by atoms with van der Waals surface area (Å²) in [5.74, 6) is -0.911. The first-order valence-corrected chi connectivity index (χ1v) is 8.39. The van der Waals surface area contributed by atoms with Crippen molar-refractivity contribution in [1.29, 1.82) is 0 Å². The first kappa shape index (κ1) is 17.6. The number of methoxy groups -OCH3 is 1. The van der Waals surface area contributed by atoms with Crippen molar-refractivity contribution in [2.24, 2.45) is 0 Å². The number of nitrogens with one attached hydrogen (secondary N) is 1. The molecule has 0 spiro atoms. The Morgan fingerprint density at radius 3 is 2.72 bits per heavy atom. The van der Waals surface area contributed by atoms with Crippen LogP contribution in [0.4, 0.5) is 0 Å². The Bertz CT molecular complexity index is 729. The molecule has 1 heterocycles. The van der Waals surface area contributed by atoms with E-state index in [0.717, 1.165) is 12.0 Å². The Balaban J connectivity index is 1.70. The highest BCUT2D eigenvalue weighted by Gasteiger charge is 2.37. The van der Waals surface area contributed by atoms with Gasteiger partial charge in [-0.1, -0.05) is 36.4 Å². The van der Waals surface area contributed by atoms with Crippen LogP contribution in [0.2, 0.25) is 0 Å². The van der Waals surface area contributed by atoms with Crippen molar-refractivity contribution in [3.8, 4) is 0 Å². The van der Waals surface area contributed by atoms with E-state index < -0.39 is 11.6 Å². The van der Waals surface area contributed by atoms with E-state index in [2.05, 4.69) is 23.5 Å². The topological polar surface area (TPSA) is 67.8 Å². The van der Waals surface area contributed by atoms with Gasteiger partial charge in [0, 0.05) is 20.2 Å². The molecule has 0 saturated heterocycles. The van der Waals surface area contributed by atoms with Gasteiger partial charge < -0.3 is 19.9 Å². The predicted octanol–water partition coefficient (Wildman–Crippen LogP) is 2.59. The fraction of sp³-hybridized carbons (Fsp3) is 0.350. The lowest BCUT2D eigenvalue weighted by atomic mass is 9.86. The molecule has 2 aromatic carbocycles. The highest BCUT2D eigenvalue weighted by molar-refractivity contribution is 5.87. The van der Waals surface area contributed by atoms with Crippen molar-refractivity contribution in [2.75, 3.05) is 26.9 Å². The summed E-state index contributed by atoms with van der Waals surface area (Å²) >= 11 is 0. The molecular formula is C20H23NO4. The Morgan fingerprint density at radius 2 is 2.00 bits per heavy atom. The first-order valence-electron chi connectivity index (χ1n) is 8.39. The molecule has 0 bridgehead atoms. The maximum atomic E-state index is 10.9. The van der Waals surface area contributed by atoms with Gasteiger partial charge in [-0.25, -0.2) is 4.79 Å². The summed E-state index contributed by atoms with van der Waals surface area (Å²) in [5.41, 5.74) is 3.31. The van der Waals surface area contributed by atoms with Gasteiger partial charge in [-0.3, -0.25) is 0 Å². The van der Waals surface area contributed by atoms with Crippen LogP contribution in [0, 0.1) is 0 Å². The van der Waals surface area contributed by atoms with Gasteiger partial charge >= 0.3 is 5.97 Å². The molecule has 0 aliphatic carbocycles. The molecule has 3 rings (SSSR count). The van der Waals surface area contributed by atoms with Gasteiger partial charge in [0.15, 0.2) is 0 Å². The van der Waals surface area contributed by atoms with Crippen molar-refractivity contribution >= 4 is 5.97 Å². The van der Waals surface area contributed by atoms with Crippen LogP contribution < -0.4 is 5.32 Å². The summed E-state index contributed by atoms with van der Waals surface area (Å²) in [6.07, 6.45) is 0.915. The zero-order chi connectivity index (χ0) is 17.7. The van der Waals surface area contributed by atoms with E-state index >= 15 is 0 Å². The highest BCUT2D eigenvalue weighted by atomic mass is 16.5. The number of hydrogen-bond donors (Lipinski definition) is 2. The van der Waals surface area contributed by atoms with Crippen LogP contribution >= 0.6 is 0 Å². The molecule has 0 aromatic heterocycles. The molecule has 2 aromatic rings. The van der Waals surface area contributed by atoms with Crippen LogP contribution in [0.25, 0.3) is 0 Å². The van der Waals surface area contributed by atoms with Crippen LogP contribution in [0.3, 0.4) is 0 Å². The summed E-state index contributed by atoms with van der Waals surface area (Å²) in [7, 11) is 1.69. The average molecular weight is 341 g/mol. The number of carboxylic acids is 1. The molecule has 1 unspecified atom stereocenters. The molecule has 1 aliphatic rings. The summed E-state index contributed by atoms with van der Waals surface area (Å²) in [4.78, 5) is 10.9. The lowest BCUT2D eigenvalue weighted by molar-refractivity contribution is -0.101. The second kappa shape index (κ2) is 7.78. The Hall–Kier alpha value is -2.21. The fourth-order valence-electron chi connectivity index (χ4n) is 3.34. The maximum Gasteiger partial charge on any atom is 0.335 e. The monoisotopic (exact) mass is 341 g/mol. The number of carbonyl (C=O) groups is 1. The summed E-state index contributed by atoms with van der Waals surface area (Å²) < 4.78 is 11.6. The van der Waals surface area contributed by atoms with Crippen LogP contribution in [-0.2, 0) is 28.0 Å². The first-order chi connectivity index (χ1) is 12.1. The number of aromatic carboxylic acids is 1. The maximum absolute atomic E-state index is 10.9. The quantitative estimate of drug-likeness (QED) is 0.810. The van der Waals surface area contributed by atoms with Crippen molar-refractivity contribution in [3.05, 3.63) is 70.8 Å². The number of ether oxygens (including phenoxy) is 2. The number of carboxylic acid groups (broad SMARTS) is 1. The lowest BCUT2D eigenvalue weighted by Gasteiger charge is -2.39. The SMILES string of the molecule is COCC1(CNCc2ccc(C(=O)O)cc2)OCCc2ccccc21. The highest BCUT2D eigenvalue weighted by Crippen LogP contribution is 2.33. The number of rotatable bonds is 7. The molecule has 5 nitrogen and oxygen atoms in total. The molecule has 0 radical (unpaired) electrons. The zero-order valence-corrected chi connectivity index (χ0v) is 14.3. The fourth-order valence-corrected chi connectivity index (χ4v) is 3.34. The molecule has 0 amide bonds. The van der Waals surface area contributed by atoms with E-state index in [4.69, 9.17) is 14.6 Å². The van der Waals surface area contributed by atoms with E-state index in [0.29, 0.717) is 31.9 Å². The van der Waals surface area contributed by atoms with E-state index in [-0.39, 0.29) is 0 Å². The Morgan fingerprint density at radius 1 is 1.24 bits per heavy atom. The van der Waals surface area contributed by atoms with Gasteiger partial charge in [0.2, 0.25) is 0 Å². The molecule has 0 saturated carbocycles. The van der Waals surface area contributed by atoms with Crippen molar-refractivity contribution in [1.82, 2.24) is 5.32 Å². The number of benzene rings is 2. The van der Waals surface area contributed by atoms with Crippen LogP contribution in [0.15, 0.2) is 48.5 Å². The third-order valence-electron chi connectivity index (χ3n) is 4.58. The van der Waals surface area contributed by atoms with Gasteiger partial charge in [-0.15, -0.1) is 0 Å². The van der Waals surface area contributed by atoms with Gasteiger partial charge in [0.25, 0.3) is 0 Å². The molecular weight excluding hydrogens is 318 g/mol. The summed E-state index contributed by atoms with van der Waals surface area (Å²) in [6.45, 7) is 2.42. The Labute approximate surface area is 147 Å². The van der Waals surface area contributed by atoms with Gasteiger partial charge in [-0.2, -0.15) is 0 Å². The molecule has 132 valence electrons. The predicted molar refractivity (Wildman–Crippen MR) is 94.8 cm³/mol. The van der Waals surface area contributed by atoms with Gasteiger partial charge in [0.05, 0.1) is 18.8 Å². The van der Waals surface area contributed by atoms with Crippen LogP contribution in [0.1, 0.15) is 27.0 Å². The second-order valence-electron chi connectivity index (χ2n) is 6.29. The third kappa shape index (κ3) is 3.90. The van der Waals surface area contributed by atoms with E-state index in [9.17, 15) is 4.79 Å². The van der Waals surface area contributed by atoms with Gasteiger partial charge in [0.1, 0.15) is 5.60 Å². The van der Waals surface area contributed by atoms with E-state index in [1.54, 1.807) is 19.2 Å². The minimum Gasteiger partial charge on any atom is -0.478 e. The normalized spacial score (nSPS) is 19.4. The molecule has 1 aliphatic heterocycles. The molecule has 1 atom stereocenters. The lowest BCUT2D eigenvalue weighted by Crippen LogP contribution is -2.47. The van der Waals surface area contributed by atoms with Crippen LogP contribution in [0.5, 0.6) is 0 Å². The molecule has 25 heavy (non-hydrogen) atoms. The second-order valence-corrected chi connectivity index (χ2v) is 6.29. The van der Waals surface area contributed by atoms with Crippen LogP contribution in [-0.4, -0.2) is 37.9 Å². The largest absolute Gasteiger partial charge is 0.478 e. The zero-order valence-electron chi connectivity index (χ0n) is 14.3. The van der Waals surface area contributed by atoms with Crippen molar-refractivity contribution in [3.63, 3.8) is 0 Å². The summed E-state index contributed by atoms with van der Waals surface area (Å²) in [6, 6.07) is 15.2. The molecule has 2 N–H and O–H groups in total. The number of fused-ring (bicyclic) bond motifs is 1. The van der Waals surface area contributed by atoms with E-state index in [1.807, 2.05) is 18.2 Å². The minimum absolute atomic E-state index is 0.296. The van der Waals surface area contributed by atoms with Crippen molar-refractivity contribution in [2.45, 2.75) is 18.6 Å². The van der Waals surface area contributed by atoms with Crippen molar-refractivity contribution < 1.29 is 19.4 Å². The smallest absolute Gasteiger partial charge is 0.335 e. The van der Waals surface area contributed by atoms with Gasteiger partial charge in [-0.05, 0) is 35.2 Å². The minimum atomic E-state index is -0.911. The van der Waals surface area contributed by atoms with E-state index in [1.165, 1.54) is 11.1 Å².